The molecule has 0 fully saturated rings. The first-order valence-corrected chi connectivity index (χ1v) is 8.57. The predicted octanol–water partition coefficient (Wildman–Crippen LogP) is 5.69. The number of nitrogens with zero attached hydrogens (tertiary/aromatic N) is 1. The fourth-order valence-electron chi connectivity index (χ4n) is 2.73. The topological polar surface area (TPSA) is 20.3 Å². The molecule has 0 aliphatic carbocycles. The van der Waals surface area contributed by atoms with Gasteiger partial charge in [0.15, 0.2) is 5.78 Å². The van der Waals surface area contributed by atoms with E-state index in [9.17, 15) is 4.79 Å². The molecule has 24 heavy (non-hydrogen) atoms. The summed E-state index contributed by atoms with van der Waals surface area (Å²) in [6.07, 6.45) is 3.51. The molecule has 3 aromatic rings. The first-order chi connectivity index (χ1) is 11.8. The number of hydrogen-bond acceptors (Lipinski definition) is 3. The van der Waals surface area contributed by atoms with Crippen molar-refractivity contribution >= 4 is 28.9 Å². The van der Waals surface area contributed by atoms with Gasteiger partial charge in [-0.3, -0.25) is 4.79 Å². The molecule has 3 aromatic carbocycles. The number of ketones is 1. The number of anilines is 2. The van der Waals surface area contributed by atoms with Crippen LogP contribution in [0, 0.1) is 0 Å². The van der Waals surface area contributed by atoms with Gasteiger partial charge in [0.2, 0.25) is 0 Å². The molecule has 1 heterocycles. The molecule has 0 spiro atoms. The molecule has 0 bridgehead atoms. The average molecular weight is 329 g/mol. The first-order valence-electron chi connectivity index (χ1n) is 7.76. The lowest BCUT2D eigenvalue weighted by Crippen LogP contribution is -2.14. The second kappa shape index (κ2) is 6.38. The van der Waals surface area contributed by atoms with Crippen LogP contribution in [0.5, 0.6) is 0 Å². The number of benzene rings is 3. The number of para-hydroxylation sites is 2. The molecule has 0 N–H and O–H groups in total. The zero-order valence-corrected chi connectivity index (χ0v) is 13.7. The summed E-state index contributed by atoms with van der Waals surface area (Å²) in [7, 11) is 0. The minimum Gasteiger partial charge on any atom is -0.315 e. The Morgan fingerprint density at radius 2 is 1.29 bits per heavy atom. The summed E-state index contributed by atoms with van der Waals surface area (Å²) in [6.45, 7) is 0. The summed E-state index contributed by atoms with van der Waals surface area (Å²) < 4.78 is 0. The van der Waals surface area contributed by atoms with Crippen LogP contribution >= 0.6 is 11.8 Å². The molecule has 0 saturated heterocycles. The lowest BCUT2D eigenvalue weighted by molar-refractivity contribution is 0.104. The summed E-state index contributed by atoms with van der Waals surface area (Å²) >= 11 is 1.76. The number of allylic oxidation sites excluding steroid dienone is 1. The quantitative estimate of drug-likeness (QED) is 0.455. The number of carbonyl (C=O) groups is 1. The molecular weight excluding hydrogens is 314 g/mol. The second-order valence-electron chi connectivity index (χ2n) is 5.45. The Morgan fingerprint density at radius 1 is 0.750 bits per heavy atom. The molecule has 1 aliphatic heterocycles. The van der Waals surface area contributed by atoms with Gasteiger partial charge >= 0.3 is 0 Å². The molecular formula is C21H15NOS. The predicted molar refractivity (Wildman–Crippen MR) is 99.1 cm³/mol. The van der Waals surface area contributed by atoms with Gasteiger partial charge in [0.25, 0.3) is 0 Å². The van der Waals surface area contributed by atoms with E-state index >= 15 is 0 Å². The highest BCUT2D eigenvalue weighted by molar-refractivity contribution is 7.99. The Balaban J connectivity index is 1.72. The largest absolute Gasteiger partial charge is 0.315 e. The molecule has 116 valence electrons. The summed E-state index contributed by atoms with van der Waals surface area (Å²) in [5.41, 5.74) is 2.89. The van der Waals surface area contributed by atoms with Gasteiger partial charge in [-0.2, -0.15) is 0 Å². The average Bonchev–Trinajstić information content (AvgIpc) is 2.65. The van der Waals surface area contributed by atoms with Crippen LogP contribution in [0.2, 0.25) is 0 Å². The minimum absolute atomic E-state index is 0.00351. The van der Waals surface area contributed by atoms with E-state index in [1.165, 1.54) is 9.79 Å². The Bertz CT molecular complexity index is 872. The van der Waals surface area contributed by atoms with E-state index in [0.717, 1.165) is 11.4 Å². The Hall–Kier alpha value is -2.78. The Kier molecular flexibility index (Phi) is 3.93. The highest BCUT2D eigenvalue weighted by Gasteiger charge is 2.21. The third-order valence-electron chi connectivity index (χ3n) is 3.90. The summed E-state index contributed by atoms with van der Waals surface area (Å²) in [6, 6.07) is 25.8. The molecule has 0 amide bonds. The van der Waals surface area contributed by atoms with Gasteiger partial charge < -0.3 is 4.90 Å². The van der Waals surface area contributed by atoms with Gasteiger partial charge in [-0.25, -0.2) is 0 Å². The molecule has 3 heteroatoms. The van der Waals surface area contributed by atoms with Crippen LogP contribution < -0.4 is 4.90 Å². The molecule has 0 aromatic heterocycles. The van der Waals surface area contributed by atoms with E-state index in [-0.39, 0.29) is 5.78 Å². The van der Waals surface area contributed by atoms with Crippen molar-refractivity contribution < 1.29 is 4.79 Å². The van der Waals surface area contributed by atoms with Crippen LogP contribution in [0.3, 0.4) is 0 Å². The second-order valence-corrected chi connectivity index (χ2v) is 6.54. The summed E-state index contributed by atoms with van der Waals surface area (Å²) in [5, 5.41) is 0. The fourth-order valence-corrected chi connectivity index (χ4v) is 3.81. The maximum atomic E-state index is 12.4. The molecule has 1 aliphatic rings. The fraction of sp³-hybridized carbons (Fsp3) is 0. The van der Waals surface area contributed by atoms with E-state index in [2.05, 4.69) is 29.2 Å². The van der Waals surface area contributed by atoms with Gasteiger partial charge in [0.1, 0.15) is 0 Å². The molecule has 4 rings (SSSR count). The maximum absolute atomic E-state index is 12.4. The first kappa shape index (κ1) is 14.8. The van der Waals surface area contributed by atoms with Crippen LogP contribution in [-0.2, 0) is 0 Å². The normalized spacial score (nSPS) is 12.8. The van der Waals surface area contributed by atoms with E-state index < -0.39 is 0 Å². The van der Waals surface area contributed by atoms with Crippen molar-refractivity contribution in [3.63, 3.8) is 0 Å². The molecule has 0 atom stereocenters. The van der Waals surface area contributed by atoms with Gasteiger partial charge in [0, 0.05) is 27.6 Å². The summed E-state index contributed by atoms with van der Waals surface area (Å²) in [4.78, 5) is 16.9. The number of fused-ring (bicyclic) bond motifs is 2. The maximum Gasteiger partial charge on any atom is 0.187 e. The van der Waals surface area contributed by atoms with Crippen molar-refractivity contribution in [3.05, 3.63) is 96.7 Å². The van der Waals surface area contributed by atoms with Crippen molar-refractivity contribution in [1.82, 2.24) is 0 Å². The Morgan fingerprint density at radius 3 is 1.92 bits per heavy atom. The van der Waals surface area contributed by atoms with Gasteiger partial charge in [-0.1, -0.05) is 66.4 Å². The summed E-state index contributed by atoms with van der Waals surface area (Å²) in [5.74, 6) is 0.00351. The lowest BCUT2D eigenvalue weighted by Gasteiger charge is -2.29. The van der Waals surface area contributed by atoms with Crippen LogP contribution in [0.4, 0.5) is 11.4 Å². The van der Waals surface area contributed by atoms with Crippen molar-refractivity contribution in [2.75, 3.05) is 4.90 Å². The number of hydrogen-bond donors (Lipinski definition) is 0. The van der Waals surface area contributed by atoms with E-state index in [1.807, 2.05) is 60.8 Å². The van der Waals surface area contributed by atoms with Gasteiger partial charge in [-0.05, 0) is 24.3 Å². The third kappa shape index (κ3) is 2.74. The van der Waals surface area contributed by atoms with Crippen molar-refractivity contribution in [3.8, 4) is 0 Å². The van der Waals surface area contributed by atoms with E-state index in [1.54, 1.807) is 17.8 Å². The van der Waals surface area contributed by atoms with Crippen LogP contribution in [0.15, 0.2) is 101 Å². The third-order valence-corrected chi connectivity index (χ3v) is 5.03. The van der Waals surface area contributed by atoms with Gasteiger partial charge in [-0.15, -0.1) is 0 Å². The van der Waals surface area contributed by atoms with Crippen LogP contribution in [0.25, 0.3) is 0 Å². The molecule has 0 radical (unpaired) electrons. The van der Waals surface area contributed by atoms with Crippen LogP contribution in [0.1, 0.15) is 10.4 Å². The highest BCUT2D eigenvalue weighted by Crippen LogP contribution is 2.47. The number of rotatable bonds is 3. The van der Waals surface area contributed by atoms with E-state index in [0.29, 0.717) is 5.56 Å². The standard InChI is InChI=1S/C21H15NOS/c23-19(16-8-2-1-3-9-16)14-15-22-17-10-4-6-12-20(17)24-21-13-7-5-11-18(21)22/h1-15H. The smallest absolute Gasteiger partial charge is 0.187 e. The van der Waals surface area contributed by atoms with Crippen molar-refractivity contribution in [1.29, 1.82) is 0 Å². The SMILES string of the molecule is O=C(C=CN1c2ccccc2Sc2ccccc21)c1ccccc1. The zero-order chi connectivity index (χ0) is 16.4. The molecule has 0 saturated carbocycles. The van der Waals surface area contributed by atoms with Crippen molar-refractivity contribution in [2.45, 2.75) is 9.79 Å². The number of carbonyl (C=O) groups excluding carboxylic acids is 1. The Labute approximate surface area is 145 Å². The van der Waals surface area contributed by atoms with Crippen LogP contribution in [-0.4, -0.2) is 5.78 Å². The van der Waals surface area contributed by atoms with Crippen molar-refractivity contribution in [2.24, 2.45) is 0 Å². The molecule has 0 unspecified atom stereocenters. The zero-order valence-electron chi connectivity index (χ0n) is 12.9. The highest BCUT2D eigenvalue weighted by atomic mass is 32.2. The molecule has 2 nitrogen and oxygen atoms in total. The lowest BCUT2D eigenvalue weighted by atomic mass is 10.1. The van der Waals surface area contributed by atoms with E-state index in [4.69, 9.17) is 0 Å². The minimum atomic E-state index is 0.00351. The van der Waals surface area contributed by atoms with Gasteiger partial charge in [0.05, 0.1) is 11.4 Å². The monoisotopic (exact) mass is 329 g/mol.